The fourth-order valence-electron chi connectivity index (χ4n) is 2.74. The molecule has 0 aliphatic rings. The van der Waals surface area contributed by atoms with Gasteiger partial charge in [0.2, 0.25) is 5.91 Å². The van der Waals surface area contributed by atoms with Crippen LogP contribution in [0.15, 0.2) is 71.5 Å². The van der Waals surface area contributed by atoms with Gasteiger partial charge in [-0.15, -0.1) is 0 Å². The lowest BCUT2D eigenvalue weighted by molar-refractivity contribution is -0.120. The van der Waals surface area contributed by atoms with Crippen molar-refractivity contribution in [2.75, 3.05) is 20.2 Å². The van der Waals surface area contributed by atoms with E-state index in [0.717, 1.165) is 11.3 Å². The first-order valence-corrected chi connectivity index (χ1v) is 9.39. The molecule has 1 heterocycles. The van der Waals surface area contributed by atoms with E-state index in [1.165, 1.54) is 10.7 Å². The van der Waals surface area contributed by atoms with Crippen molar-refractivity contribution in [3.05, 3.63) is 82.6 Å². The molecule has 8 heteroatoms. The Morgan fingerprint density at radius 2 is 1.70 bits per heavy atom. The minimum atomic E-state index is -0.348. The number of nitrogens with one attached hydrogen (secondary N) is 2. The van der Waals surface area contributed by atoms with Crippen molar-refractivity contribution in [3.63, 3.8) is 0 Å². The summed E-state index contributed by atoms with van der Waals surface area (Å²) in [5, 5.41) is 9.57. The molecular formula is C22H22N4O4. The van der Waals surface area contributed by atoms with Crippen LogP contribution in [-0.4, -0.2) is 41.8 Å². The average molecular weight is 406 g/mol. The molecule has 154 valence electrons. The maximum Gasteiger partial charge on any atom is 0.266 e. The zero-order valence-electron chi connectivity index (χ0n) is 16.5. The molecule has 3 aromatic rings. The largest absolute Gasteiger partial charge is 0.497 e. The van der Waals surface area contributed by atoms with Crippen LogP contribution in [0, 0.1) is 0 Å². The van der Waals surface area contributed by atoms with Crippen molar-refractivity contribution in [3.8, 4) is 17.0 Å². The number of benzene rings is 2. The molecule has 1 aromatic heterocycles. The highest BCUT2D eigenvalue weighted by molar-refractivity contribution is 5.96. The summed E-state index contributed by atoms with van der Waals surface area (Å²) < 4.78 is 6.44. The van der Waals surface area contributed by atoms with Crippen LogP contribution in [0.4, 0.5) is 0 Å². The Morgan fingerprint density at radius 1 is 0.967 bits per heavy atom. The van der Waals surface area contributed by atoms with Crippen LogP contribution in [0.3, 0.4) is 0 Å². The van der Waals surface area contributed by atoms with Gasteiger partial charge in [0.15, 0.2) is 0 Å². The summed E-state index contributed by atoms with van der Waals surface area (Å²) >= 11 is 0. The van der Waals surface area contributed by atoms with E-state index >= 15 is 0 Å². The first kappa shape index (κ1) is 20.8. The van der Waals surface area contributed by atoms with Gasteiger partial charge in [-0.3, -0.25) is 14.4 Å². The maximum absolute atomic E-state index is 12.1. The fourth-order valence-corrected chi connectivity index (χ4v) is 2.74. The molecule has 0 atom stereocenters. The van der Waals surface area contributed by atoms with Gasteiger partial charge in [0.05, 0.1) is 25.9 Å². The number of rotatable bonds is 8. The highest BCUT2D eigenvalue weighted by atomic mass is 16.5. The smallest absolute Gasteiger partial charge is 0.266 e. The zero-order chi connectivity index (χ0) is 21.3. The summed E-state index contributed by atoms with van der Waals surface area (Å²) in [5.74, 6) is 0.0589. The van der Waals surface area contributed by atoms with Crippen LogP contribution in [0.2, 0.25) is 0 Å². The molecule has 0 spiro atoms. The quantitative estimate of drug-likeness (QED) is 0.590. The molecule has 3 rings (SSSR count). The number of nitrogens with zero attached hydrogens (tertiary/aromatic N) is 2. The molecule has 2 aromatic carbocycles. The molecule has 0 saturated carbocycles. The van der Waals surface area contributed by atoms with Gasteiger partial charge in [-0.2, -0.15) is 5.10 Å². The summed E-state index contributed by atoms with van der Waals surface area (Å²) in [6.07, 6.45) is 0. The minimum Gasteiger partial charge on any atom is -0.497 e. The lowest BCUT2D eigenvalue weighted by Gasteiger charge is -2.09. The number of carbonyl (C=O) groups excluding carboxylic acids is 2. The van der Waals surface area contributed by atoms with Crippen LogP contribution < -0.4 is 20.9 Å². The molecule has 0 aliphatic heterocycles. The van der Waals surface area contributed by atoms with Gasteiger partial charge in [-0.05, 0) is 42.5 Å². The second-order valence-electron chi connectivity index (χ2n) is 6.41. The summed E-state index contributed by atoms with van der Waals surface area (Å²) in [6, 6.07) is 19.1. The lowest BCUT2D eigenvalue weighted by Crippen LogP contribution is -2.39. The van der Waals surface area contributed by atoms with Crippen molar-refractivity contribution >= 4 is 11.8 Å². The first-order valence-electron chi connectivity index (χ1n) is 9.39. The third-order valence-corrected chi connectivity index (χ3v) is 4.34. The van der Waals surface area contributed by atoms with Crippen LogP contribution in [0.1, 0.15) is 10.4 Å². The van der Waals surface area contributed by atoms with Gasteiger partial charge >= 0.3 is 0 Å². The van der Waals surface area contributed by atoms with Gasteiger partial charge < -0.3 is 15.4 Å². The Kier molecular flexibility index (Phi) is 6.94. The predicted octanol–water partition coefficient (Wildman–Crippen LogP) is 1.47. The number of hydrogen-bond donors (Lipinski definition) is 2. The van der Waals surface area contributed by atoms with Gasteiger partial charge in [0, 0.05) is 23.7 Å². The van der Waals surface area contributed by atoms with E-state index in [-0.39, 0.29) is 37.0 Å². The van der Waals surface area contributed by atoms with Gasteiger partial charge in [-0.25, -0.2) is 4.68 Å². The summed E-state index contributed by atoms with van der Waals surface area (Å²) in [5.41, 5.74) is 1.70. The van der Waals surface area contributed by atoms with Crippen molar-refractivity contribution in [1.82, 2.24) is 20.4 Å². The van der Waals surface area contributed by atoms with Crippen molar-refractivity contribution in [2.24, 2.45) is 0 Å². The molecule has 2 amide bonds. The van der Waals surface area contributed by atoms with E-state index < -0.39 is 0 Å². The zero-order valence-corrected chi connectivity index (χ0v) is 16.5. The first-order chi connectivity index (χ1) is 14.6. The molecule has 0 saturated heterocycles. The highest BCUT2D eigenvalue weighted by Crippen LogP contribution is 2.19. The third kappa shape index (κ3) is 5.54. The number of amides is 2. The molecule has 30 heavy (non-hydrogen) atoms. The molecule has 0 unspecified atom stereocenters. The number of ether oxygens (including phenoxy) is 1. The molecule has 0 radical (unpaired) electrons. The Bertz CT molecular complexity index is 1060. The average Bonchev–Trinajstić information content (AvgIpc) is 2.79. The Labute approximate surface area is 173 Å². The maximum atomic E-state index is 12.1. The lowest BCUT2D eigenvalue weighted by atomic mass is 10.1. The Hall–Kier alpha value is -3.94. The molecule has 0 bridgehead atoms. The summed E-state index contributed by atoms with van der Waals surface area (Å²) in [6.45, 7) is 0.266. The topological polar surface area (TPSA) is 102 Å². The minimum absolute atomic E-state index is 0.151. The molecule has 0 fully saturated rings. The highest BCUT2D eigenvalue weighted by Gasteiger charge is 2.08. The number of hydrogen-bond acceptors (Lipinski definition) is 5. The second kappa shape index (κ2) is 10.0. The van der Waals surface area contributed by atoms with Crippen LogP contribution in [0.5, 0.6) is 5.75 Å². The normalized spacial score (nSPS) is 10.3. The molecular weight excluding hydrogens is 384 g/mol. The summed E-state index contributed by atoms with van der Waals surface area (Å²) in [4.78, 5) is 36.0. The molecule has 8 nitrogen and oxygen atoms in total. The van der Waals surface area contributed by atoms with E-state index in [4.69, 9.17) is 4.74 Å². The van der Waals surface area contributed by atoms with Gasteiger partial charge in [-0.1, -0.05) is 18.2 Å². The van der Waals surface area contributed by atoms with Crippen molar-refractivity contribution in [1.29, 1.82) is 0 Å². The Morgan fingerprint density at radius 3 is 2.40 bits per heavy atom. The van der Waals surface area contributed by atoms with Crippen molar-refractivity contribution in [2.45, 2.75) is 6.54 Å². The van der Waals surface area contributed by atoms with Crippen LogP contribution in [-0.2, 0) is 11.3 Å². The SMILES string of the molecule is COc1ccc(-c2ccc(=O)n(CCNC(=O)CNC(=O)c3ccccc3)n2)cc1. The van der Waals surface area contributed by atoms with Crippen molar-refractivity contribution < 1.29 is 14.3 Å². The third-order valence-electron chi connectivity index (χ3n) is 4.34. The molecule has 2 N–H and O–H groups in total. The van der Waals surface area contributed by atoms with E-state index in [9.17, 15) is 14.4 Å². The van der Waals surface area contributed by atoms with Crippen LogP contribution in [0.25, 0.3) is 11.3 Å². The Balaban J connectivity index is 1.52. The number of methoxy groups -OCH3 is 1. The van der Waals surface area contributed by atoms with E-state index in [0.29, 0.717) is 11.3 Å². The second-order valence-corrected chi connectivity index (χ2v) is 6.41. The number of carbonyl (C=O) groups is 2. The van der Waals surface area contributed by atoms with Gasteiger partial charge in [0.25, 0.3) is 11.5 Å². The number of aromatic nitrogens is 2. The van der Waals surface area contributed by atoms with E-state index in [2.05, 4.69) is 15.7 Å². The van der Waals surface area contributed by atoms with E-state index in [1.54, 1.807) is 37.4 Å². The summed E-state index contributed by atoms with van der Waals surface area (Å²) in [7, 11) is 1.59. The van der Waals surface area contributed by atoms with Gasteiger partial charge in [0.1, 0.15) is 5.75 Å². The van der Waals surface area contributed by atoms with E-state index in [1.807, 2.05) is 30.3 Å². The molecule has 0 aliphatic carbocycles. The predicted molar refractivity (Wildman–Crippen MR) is 112 cm³/mol. The fraction of sp³-hybridized carbons (Fsp3) is 0.182. The monoisotopic (exact) mass is 406 g/mol. The standard InChI is InChI=1S/C22H22N4O4/c1-30-18-9-7-16(8-10-18)19-11-12-21(28)26(25-19)14-13-23-20(27)15-24-22(29)17-5-3-2-4-6-17/h2-12H,13-15H2,1H3,(H,23,27)(H,24,29). The van der Waals surface area contributed by atoms with Crippen LogP contribution >= 0.6 is 0 Å².